The minimum absolute atomic E-state index is 0.0958. The third-order valence-corrected chi connectivity index (χ3v) is 2.82. The molecule has 17 heavy (non-hydrogen) atoms. The van der Waals surface area contributed by atoms with Crippen LogP contribution in [0.15, 0.2) is 12.1 Å². The Bertz CT molecular complexity index is 332. The van der Waals surface area contributed by atoms with Crippen LogP contribution in [0.3, 0.4) is 0 Å². The fourth-order valence-electron chi connectivity index (χ4n) is 1.73. The molecule has 4 nitrogen and oxygen atoms in total. The Morgan fingerprint density at radius 3 is 2.47 bits per heavy atom. The fraction of sp³-hybridized carbons (Fsp3) is 0.692. The van der Waals surface area contributed by atoms with Crippen LogP contribution in [0.5, 0.6) is 0 Å². The number of aromatic nitrogens is 2. The van der Waals surface area contributed by atoms with Gasteiger partial charge in [-0.25, -0.2) is 0 Å². The van der Waals surface area contributed by atoms with Crippen molar-refractivity contribution in [2.75, 3.05) is 25.0 Å². The van der Waals surface area contributed by atoms with Crippen LogP contribution in [-0.2, 0) is 6.42 Å². The summed E-state index contributed by atoms with van der Waals surface area (Å²) in [5.41, 5.74) is 6.89. The molecular formula is C13H24N4. The van der Waals surface area contributed by atoms with Gasteiger partial charge in [0.1, 0.15) is 0 Å². The summed E-state index contributed by atoms with van der Waals surface area (Å²) in [6.07, 6.45) is 2.09. The first-order chi connectivity index (χ1) is 7.98. The molecule has 0 saturated carbocycles. The molecule has 0 saturated heterocycles. The monoisotopic (exact) mass is 236 g/mol. The minimum atomic E-state index is 0.0958. The van der Waals surface area contributed by atoms with E-state index in [1.54, 1.807) is 0 Å². The molecule has 1 heterocycles. The molecule has 4 heteroatoms. The van der Waals surface area contributed by atoms with Gasteiger partial charge in [-0.3, -0.25) is 0 Å². The zero-order valence-corrected chi connectivity index (χ0v) is 11.4. The van der Waals surface area contributed by atoms with Gasteiger partial charge in [0.15, 0.2) is 5.82 Å². The molecule has 1 aromatic heterocycles. The van der Waals surface area contributed by atoms with Crippen molar-refractivity contribution in [1.82, 2.24) is 10.2 Å². The van der Waals surface area contributed by atoms with Crippen molar-refractivity contribution in [2.45, 2.75) is 33.6 Å². The molecule has 2 N–H and O–H groups in total. The highest BCUT2D eigenvalue weighted by Gasteiger charge is 2.19. The van der Waals surface area contributed by atoms with Crippen LogP contribution < -0.4 is 10.6 Å². The molecule has 0 fully saturated rings. The summed E-state index contributed by atoms with van der Waals surface area (Å²) < 4.78 is 0. The van der Waals surface area contributed by atoms with Crippen LogP contribution in [0, 0.1) is 5.41 Å². The van der Waals surface area contributed by atoms with Crippen LogP contribution in [0.4, 0.5) is 5.82 Å². The summed E-state index contributed by atoms with van der Waals surface area (Å²) >= 11 is 0. The molecule has 0 amide bonds. The molecule has 0 spiro atoms. The number of hydrogen-bond donors (Lipinski definition) is 1. The third kappa shape index (κ3) is 4.30. The Balaban J connectivity index is 2.66. The van der Waals surface area contributed by atoms with Gasteiger partial charge in [-0.1, -0.05) is 27.2 Å². The van der Waals surface area contributed by atoms with Gasteiger partial charge in [0, 0.05) is 13.6 Å². The van der Waals surface area contributed by atoms with Gasteiger partial charge < -0.3 is 10.6 Å². The van der Waals surface area contributed by atoms with Crippen molar-refractivity contribution in [3.05, 3.63) is 17.8 Å². The van der Waals surface area contributed by atoms with E-state index in [4.69, 9.17) is 5.73 Å². The van der Waals surface area contributed by atoms with Crippen LogP contribution >= 0.6 is 0 Å². The Morgan fingerprint density at radius 2 is 2.00 bits per heavy atom. The molecule has 0 aliphatic rings. The van der Waals surface area contributed by atoms with Crippen molar-refractivity contribution in [3.8, 4) is 0 Å². The highest BCUT2D eigenvalue weighted by molar-refractivity contribution is 5.36. The normalized spacial score (nSPS) is 11.6. The predicted molar refractivity (Wildman–Crippen MR) is 72.1 cm³/mol. The lowest BCUT2D eigenvalue weighted by atomic mass is 9.93. The van der Waals surface area contributed by atoms with Crippen molar-refractivity contribution < 1.29 is 0 Å². The van der Waals surface area contributed by atoms with E-state index in [0.717, 1.165) is 30.9 Å². The van der Waals surface area contributed by atoms with Gasteiger partial charge in [0.05, 0.1) is 5.69 Å². The topological polar surface area (TPSA) is 55.0 Å². The number of aryl methyl sites for hydroxylation is 1. The smallest absolute Gasteiger partial charge is 0.151 e. The molecule has 0 bridgehead atoms. The minimum Gasteiger partial charge on any atom is -0.358 e. The average molecular weight is 236 g/mol. The van der Waals surface area contributed by atoms with E-state index < -0.39 is 0 Å². The van der Waals surface area contributed by atoms with E-state index in [1.807, 2.05) is 13.1 Å². The zero-order valence-electron chi connectivity index (χ0n) is 11.4. The lowest BCUT2D eigenvalue weighted by Crippen LogP contribution is -2.37. The predicted octanol–water partition coefficient (Wildman–Crippen LogP) is 1.85. The lowest BCUT2D eigenvalue weighted by molar-refractivity contribution is 0.384. The van der Waals surface area contributed by atoms with Gasteiger partial charge in [0.25, 0.3) is 0 Å². The molecule has 0 radical (unpaired) electrons. The number of rotatable bonds is 6. The maximum atomic E-state index is 5.73. The second-order valence-electron chi connectivity index (χ2n) is 5.36. The third-order valence-electron chi connectivity index (χ3n) is 2.82. The first-order valence-electron chi connectivity index (χ1n) is 6.22. The van der Waals surface area contributed by atoms with Gasteiger partial charge in [-0.05, 0) is 30.5 Å². The lowest BCUT2D eigenvalue weighted by Gasteiger charge is -2.29. The number of nitrogens with zero attached hydrogens (tertiary/aromatic N) is 3. The van der Waals surface area contributed by atoms with Crippen LogP contribution in [0.25, 0.3) is 0 Å². The van der Waals surface area contributed by atoms with Gasteiger partial charge in [0.2, 0.25) is 0 Å². The Labute approximate surface area is 104 Å². The summed E-state index contributed by atoms with van der Waals surface area (Å²) in [5, 5.41) is 8.47. The van der Waals surface area contributed by atoms with E-state index in [9.17, 15) is 0 Å². The second kappa shape index (κ2) is 5.96. The van der Waals surface area contributed by atoms with Gasteiger partial charge in [-0.2, -0.15) is 5.10 Å². The quantitative estimate of drug-likeness (QED) is 0.819. The molecule has 96 valence electrons. The van der Waals surface area contributed by atoms with Crippen molar-refractivity contribution in [2.24, 2.45) is 11.1 Å². The number of anilines is 1. The summed E-state index contributed by atoms with van der Waals surface area (Å²) in [6, 6.07) is 4.09. The molecule has 0 unspecified atom stereocenters. The number of nitrogens with two attached hydrogens (primary N) is 1. The van der Waals surface area contributed by atoms with Crippen molar-refractivity contribution in [1.29, 1.82) is 0 Å². The summed E-state index contributed by atoms with van der Waals surface area (Å²) in [7, 11) is 2.03. The summed E-state index contributed by atoms with van der Waals surface area (Å²) in [6.45, 7) is 8.00. The zero-order chi connectivity index (χ0) is 12.9. The Hall–Kier alpha value is -1.16. The second-order valence-corrected chi connectivity index (χ2v) is 5.36. The van der Waals surface area contributed by atoms with E-state index in [0.29, 0.717) is 6.54 Å². The molecule has 1 rings (SSSR count). The van der Waals surface area contributed by atoms with E-state index in [2.05, 4.69) is 41.9 Å². The first-order valence-corrected chi connectivity index (χ1v) is 6.22. The standard InChI is InChI=1S/C13H24N4/c1-5-6-11-7-8-12(16-15-11)17(4)10-13(2,3)9-14/h7-8H,5-6,9-10,14H2,1-4H3. The molecule has 0 atom stereocenters. The van der Waals surface area contributed by atoms with Crippen molar-refractivity contribution >= 4 is 5.82 Å². The molecule has 0 aliphatic carbocycles. The fourth-order valence-corrected chi connectivity index (χ4v) is 1.73. The van der Waals surface area contributed by atoms with E-state index in [-0.39, 0.29) is 5.41 Å². The first kappa shape index (κ1) is 13.9. The maximum Gasteiger partial charge on any atom is 0.151 e. The average Bonchev–Trinajstić information content (AvgIpc) is 2.30. The Morgan fingerprint density at radius 1 is 1.29 bits per heavy atom. The number of hydrogen-bond acceptors (Lipinski definition) is 4. The van der Waals surface area contributed by atoms with Crippen LogP contribution in [-0.4, -0.2) is 30.3 Å². The highest BCUT2D eigenvalue weighted by Crippen LogP contribution is 2.17. The van der Waals surface area contributed by atoms with Crippen LogP contribution in [0.2, 0.25) is 0 Å². The molecule has 0 aliphatic heterocycles. The largest absolute Gasteiger partial charge is 0.358 e. The van der Waals surface area contributed by atoms with Crippen LogP contribution in [0.1, 0.15) is 32.9 Å². The Kier molecular flexibility index (Phi) is 4.87. The maximum absolute atomic E-state index is 5.73. The van der Waals surface area contributed by atoms with Gasteiger partial charge >= 0.3 is 0 Å². The van der Waals surface area contributed by atoms with Crippen molar-refractivity contribution in [3.63, 3.8) is 0 Å². The summed E-state index contributed by atoms with van der Waals surface area (Å²) in [5.74, 6) is 0.909. The molecule has 0 aromatic carbocycles. The van der Waals surface area contributed by atoms with E-state index in [1.165, 1.54) is 0 Å². The van der Waals surface area contributed by atoms with E-state index >= 15 is 0 Å². The van der Waals surface area contributed by atoms with Gasteiger partial charge in [-0.15, -0.1) is 5.10 Å². The summed E-state index contributed by atoms with van der Waals surface area (Å²) in [4.78, 5) is 2.11. The SMILES string of the molecule is CCCc1ccc(N(C)CC(C)(C)CN)nn1. The highest BCUT2D eigenvalue weighted by atomic mass is 15.2. The molecule has 1 aromatic rings. The molecular weight excluding hydrogens is 212 g/mol.